The molecule has 134 valence electrons. The summed E-state index contributed by atoms with van der Waals surface area (Å²) < 4.78 is 5.31. The molecule has 0 fully saturated rings. The van der Waals surface area contributed by atoms with E-state index in [4.69, 9.17) is 15.1 Å². The van der Waals surface area contributed by atoms with Crippen molar-refractivity contribution in [3.63, 3.8) is 0 Å². The second-order valence-corrected chi connectivity index (χ2v) is 5.45. The Morgan fingerprint density at radius 1 is 1.27 bits per heavy atom. The minimum atomic E-state index is -0.384. The van der Waals surface area contributed by atoms with Gasteiger partial charge >= 0.3 is 0 Å². The lowest BCUT2D eigenvalue weighted by molar-refractivity contribution is -0.123. The topological polar surface area (TPSA) is 98.0 Å². The molecule has 2 aromatic carbocycles. The number of carbonyl (C=O) groups is 1. The van der Waals surface area contributed by atoms with Crippen LogP contribution in [0.3, 0.4) is 0 Å². The number of hydrogen-bond acceptors (Lipinski definition) is 6. The Morgan fingerprint density at radius 2 is 1.96 bits per heavy atom. The first kappa shape index (κ1) is 19.0. The molecule has 0 spiro atoms. The highest BCUT2D eigenvalue weighted by atomic mass is 16.5. The van der Waals surface area contributed by atoms with Crippen LogP contribution in [0.1, 0.15) is 11.1 Å². The van der Waals surface area contributed by atoms with Crippen molar-refractivity contribution in [2.75, 3.05) is 31.7 Å². The first-order valence-corrected chi connectivity index (χ1v) is 7.99. The number of nitrogens with zero attached hydrogens (tertiary/aromatic N) is 3. The molecule has 2 rings (SSSR count). The van der Waals surface area contributed by atoms with Crippen molar-refractivity contribution in [1.29, 1.82) is 5.26 Å². The van der Waals surface area contributed by atoms with Crippen LogP contribution < -0.4 is 15.1 Å². The number of carbonyl (C=O) groups excluding carboxylic acids is 1. The van der Waals surface area contributed by atoms with E-state index in [9.17, 15) is 4.79 Å². The maximum absolute atomic E-state index is 11.7. The molecule has 7 nitrogen and oxygen atoms in total. The molecule has 26 heavy (non-hydrogen) atoms. The van der Waals surface area contributed by atoms with Gasteiger partial charge in [0.2, 0.25) is 0 Å². The summed E-state index contributed by atoms with van der Waals surface area (Å²) >= 11 is 0. The molecule has 2 N–H and O–H groups in total. The Balaban J connectivity index is 1.78. The van der Waals surface area contributed by atoms with Gasteiger partial charge in [0.25, 0.3) is 5.91 Å². The number of ether oxygens (including phenoxy) is 1. The van der Waals surface area contributed by atoms with Crippen LogP contribution in [0.25, 0.3) is 0 Å². The molecule has 0 aromatic heterocycles. The molecule has 2 aromatic rings. The highest BCUT2D eigenvalue weighted by Gasteiger charge is 2.02. The summed E-state index contributed by atoms with van der Waals surface area (Å²) in [6.07, 6.45) is 1.54. The normalized spacial score (nSPS) is 10.3. The van der Waals surface area contributed by atoms with Crippen LogP contribution in [-0.4, -0.2) is 44.0 Å². The van der Waals surface area contributed by atoms with Crippen molar-refractivity contribution in [2.45, 2.75) is 0 Å². The molecule has 1 amide bonds. The standard InChI is InChI=1S/C19H20N4O3/c1-23(10-11-24)17-6-2-16(3-7-17)13-21-22-19(25)14-26-18-8-4-15(12-20)5-9-18/h2-9,13,24H,10-11,14H2,1H3,(H,22,25)/b21-13+. The summed E-state index contributed by atoms with van der Waals surface area (Å²) in [6, 6.07) is 16.1. The fraction of sp³-hybridized carbons (Fsp3) is 0.211. The molecule has 0 saturated heterocycles. The van der Waals surface area contributed by atoms with Gasteiger partial charge in [-0.3, -0.25) is 4.79 Å². The van der Waals surface area contributed by atoms with Crippen molar-refractivity contribution in [2.24, 2.45) is 5.10 Å². The SMILES string of the molecule is CN(CCO)c1ccc(/C=N/NC(=O)COc2ccc(C#N)cc2)cc1. The van der Waals surface area contributed by atoms with Crippen LogP contribution in [-0.2, 0) is 4.79 Å². The molecule has 0 saturated carbocycles. The molecule has 0 radical (unpaired) electrons. The first-order chi connectivity index (χ1) is 12.6. The van der Waals surface area contributed by atoms with Gasteiger partial charge in [0.1, 0.15) is 5.75 Å². The zero-order valence-corrected chi connectivity index (χ0v) is 14.4. The lowest BCUT2D eigenvalue weighted by Crippen LogP contribution is -2.24. The van der Waals surface area contributed by atoms with Crippen LogP contribution in [0, 0.1) is 11.3 Å². The number of hydrogen-bond donors (Lipinski definition) is 2. The fourth-order valence-electron chi connectivity index (χ4n) is 2.08. The zero-order chi connectivity index (χ0) is 18.8. The summed E-state index contributed by atoms with van der Waals surface area (Å²) in [7, 11) is 1.90. The number of likely N-dealkylation sites (N-methyl/N-ethyl adjacent to an activating group) is 1. The average molecular weight is 352 g/mol. The Hall–Kier alpha value is -3.37. The summed E-state index contributed by atoms with van der Waals surface area (Å²) in [6.45, 7) is 0.479. The quantitative estimate of drug-likeness (QED) is 0.554. The second kappa shape index (κ2) is 9.81. The average Bonchev–Trinajstić information content (AvgIpc) is 2.67. The number of benzene rings is 2. The molecule has 0 aliphatic rings. The molecular formula is C19H20N4O3. The maximum atomic E-state index is 11.7. The first-order valence-electron chi connectivity index (χ1n) is 7.99. The van der Waals surface area contributed by atoms with Gasteiger partial charge in [-0.15, -0.1) is 0 Å². The number of hydrazone groups is 1. The molecule has 0 atom stereocenters. The van der Waals surface area contributed by atoms with E-state index in [0.29, 0.717) is 17.9 Å². The Bertz CT molecular complexity index is 780. The zero-order valence-electron chi connectivity index (χ0n) is 14.4. The largest absolute Gasteiger partial charge is 0.484 e. The van der Waals surface area contributed by atoms with Crippen molar-refractivity contribution in [3.8, 4) is 11.8 Å². The Morgan fingerprint density at radius 3 is 2.58 bits per heavy atom. The van der Waals surface area contributed by atoms with Gasteiger partial charge in [-0.25, -0.2) is 5.43 Å². The van der Waals surface area contributed by atoms with Gasteiger partial charge < -0.3 is 14.7 Å². The third kappa shape index (κ3) is 5.92. The van der Waals surface area contributed by atoms with E-state index in [1.165, 1.54) is 6.21 Å². The highest BCUT2D eigenvalue weighted by Crippen LogP contribution is 2.12. The van der Waals surface area contributed by atoms with Crippen molar-refractivity contribution >= 4 is 17.8 Å². The van der Waals surface area contributed by atoms with Crippen LogP contribution in [0.2, 0.25) is 0 Å². The predicted molar refractivity (Wildman–Crippen MR) is 99.2 cm³/mol. The van der Waals surface area contributed by atoms with Crippen molar-refractivity contribution in [3.05, 3.63) is 59.7 Å². The van der Waals surface area contributed by atoms with E-state index < -0.39 is 0 Å². The van der Waals surface area contributed by atoms with Crippen LogP contribution >= 0.6 is 0 Å². The molecule has 0 aliphatic carbocycles. The lowest BCUT2D eigenvalue weighted by atomic mass is 10.2. The number of anilines is 1. The van der Waals surface area contributed by atoms with E-state index in [-0.39, 0.29) is 19.1 Å². The number of aliphatic hydroxyl groups is 1. The van der Waals surface area contributed by atoms with Gasteiger partial charge in [0.05, 0.1) is 24.5 Å². The van der Waals surface area contributed by atoms with Gasteiger partial charge in [0, 0.05) is 19.3 Å². The number of rotatable bonds is 8. The van der Waals surface area contributed by atoms with Gasteiger partial charge in [-0.2, -0.15) is 10.4 Å². The molecule has 0 bridgehead atoms. The van der Waals surface area contributed by atoms with Crippen molar-refractivity contribution < 1.29 is 14.6 Å². The van der Waals surface area contributed by atoms with Crippen molar-refractivity contribution in [1.82, 2.24) is 5.43 Å². The third-order valence-electron chi connectivity index (χ3n) is 3.53. The van der Waals surface area contributed by atoms with Gasteiger partial charge in [0.15, 0.2) is 6.61 Å². The predicted octanol–water partition coefficient (Wildman–Crippen LogP) is 1.52. The van der Waals surface area contributed by atoms with E-state index in [2.05, 4.69) is 10.5 Å². The van der Waals surface area contributed by atoms with E-state index in [0.717, 1.165) is 11.3 Å². The minimum absolute atomic E-state index is 0.0935. The molecule has 0 unspecified atom stereocenters. The smallest absolute Gasteiger partial charge is 0.277 e. The third-order valence-corrected chi connectivity index (χ3v) is 3.53. The van der Waals surface area contributed by atoms with Gasteiger partial charge in [-0.05, 0) is 42.0 Å². The van der Waals surface area contributed by atoms with Crippen LogP contribution in [0.5, 0.6) is 5.75 Å². The van der Waals surface area contributed by atoms with Gasteiger partial charge in [-0.1, -0.05) is 12.1 Å². The number of nitrogens with one attached hydrogen (secondary N) is 1. The highest BCUT2D eigenvalue weighted by molar-refractivity contribution is 5.83. The minimum Gasteiger partial charge on any atom is -0.484 e. The monoisotopic (exact) mass is 352 g/mol. The summed E-state index contributed by atoms with van der Waals surface area (Å²) in [5.41, 5.74) is 4.73. The second-order valence-electron chi connectivity index (χ2n) is 5.45. The fourth-order valence-corrected chi connectivity index (χ4v) is 2.08. The van der Waals surface area contributed by atoms with E-state index in [1.807, 2.05) is 42.3 Å². The Labute approximate surface area is 152 Å². The number of aliphatic hydroxyl groups excluding tert-OH is 1. The summed E-state index contributed by atoms with van der Waals surface area (Å²) in [5.74, 6) is 0.121. The molecule has 0 aliphatic heterocycles. The van der Waals surface area contributed by atoms with E-state index >= 15 is 0 Å². The molecule has 0 heterocycles. The van der Waals surface area contributed by atoms with E-state index in [1.54, 1.807) is 24.3 Å². The lowest BCUT2D eigenvalue weighted by Gasteiger charge is -2.17. The maximum Gasteiger partial charge on any atom is 0.277 e. The van der Waals surface area contributed by atoms with Crippen LogP contribution in [0.15, 0.2) is 53.6 Å². The summed E-state index contributed by atoms with van der Waals surface area (Å²) in [4.78, 5) is 13.6. The van der Waals surface area contributed by atoms with Crippen LogP contribution in [0.4, 0.5) is 5.69 Å². The summed E-state index contributed by atoms with van der Waals surface area (Å²) in [5, 5.41) is 21.5. The molecule has 7 heteroatoms. The Kier molecular flexibility index (Phi) is 7.16. The number of nitriles is 1. The number of amides is 1. The molecular weight excluding hydrogens is 332 g/mol.